The van der Waals surface area contributed by atoms with E-state index in [1.165, 1.54) is 4.31 Å². The smallest absolute Gasteiger partial charge is 0.244 e. The second kappa shape index (κ2) is 12.3. The molecule has 0 aliphatic rings. The summed E-state index contributed by atoms with van der Waals surface area (Å²) < 4.78 is 34.4. The van der Waals surface area contributed by atoms with Crippen molar-refractivity contribution in [3.05, 3.63) is 126 Å². The Morgan fingerprint density at radius 3 is 1.89 bits per heavy atom. The Bertz CT molecular complexity index is 1380. The number of nitrogens with one attached hydrogen (secondary N) is 1. The third kappa shape index (κ3) is 6.84. The number of anilines is 1. The maximum Gasteiger partial charge on any atom is 0.244 e. The molecule has 4 rings (SSSR count). The van der Waals surface area contributed by atoms with Crippen LogP contribution in [0.25, 0.3) is 0 Å². The second-order valence-corrected chi connectivity index (χ2v) is 10.5. The summed E-state index contributed by atoms with van der Waals surface area (Å²) in [5.41, 5.74) is 2.42. The van der Waals surface area contributed by atoms with Crippen molar-refractivity contribution in [2.24, 2.45) is 0 Å². The number of hydrogen-bond acceptors (Lipinski definition) is 4. The predicted molar refractivity (Wildman–Crippen MR) is 146 cm³/mol. The average molecular weight is 515 g/mol. The Hall–Kier alpha value is -3.94. The van der Waals surface area contributed by atoms with Gasteiger partial charge in [0.25, 0.3) is 0 Å². The molecule has 1 amide bonds. The van der Waals surface area contributed by atoms with Crippen LogP contribution in [0.2, 0.25) is 0 Å². The Morgan fingerprint density at radius 1 is 0.784 bits per heavy atom. The normalized spacial score (nSPS) is 12.2. The first-order valence-electron chi connectivity index (χ1n) is 12.2. The van der Waals surface area contributed by atoms with Crippen LogP contribution < -0.4 is 10.1 Å². The molecule has 0 saturated carbocycles. The fraction of sp³-hybridized carbons (Fsp3) is 0.167. The molecule has 0 fully saturated rings. The van der Waals surface area contributed by atoms with Gasteiger partial charge in [-0.05, 0) is 53.9 Å². The summed E-state index contributed by atoms with van der Waals surface area (Å²) in [6.07, 6.45) is 0.309. The van der Waals surface area contributed by atoms with E-state index in [-0.39, 0.29) is 11.4 Å². The monoisotopic (exact) mass is 514 g/mol. The van der Waals surface area contributed by atoms with Crippen LogP contribution in [0, 0.1) is 0 Å². The number of nitrogens with zero attached hydrogens (tertiary/aromatic N) is 1. The quantitative estimate of drug-likeness (QED) is 0.271. The molecule has 1 atom stereocenters. The summed E-state index contributed by atoms with van der Waals surface area (Å²) in [6, 6.07) is 33.5. The van der Waals surface area contributed by atoms with E-state index in [2.05, 4.69) is 5.32 Å². The van der Waals surface area contributed by atoms with Crippen LogP contribution in [0.1, 0.15) is 24.5 Å². The molecule has 0 spiro atoms. The molecule has 7 heteroatoms. The van der Waals surface area contributed by atoms with E-state index < -0.39 is 22.0 Å². The molecular weight excluding hydrogens is 484 g/mol. The summed E-state index contributed by atoms with van der Waals surface area (Å²) in [6.45, 7) is 2.33. The highest BCUT2D eigenvalue weighted by molar-refractivity contribution is 7.89. The zero-order valence-corrected chi connectivity index (χ0v) is 21.5. The lowest BCUT2D eigenvalue weighted by molar-refractivity contribution is -0.120. The van der Waals surface area contributed by atoms with Crippen molar-refractivity contribution in [1.29, 1.82) is 0 Å². The van der Waals surface area contributed by atoms with Crippen LogP contribution >= 0.6 is 0 Å². The van der Waals surface area contributed by atoms with E-state index >= 15 is 0 Å². The Morgan fingerprint density at radius 2 is 1.32 bits per heavy atom. The van der Waals surface area contributed by atoms with Crippen molar-refractivity contribution in [1.82, 2.24) is 4.31 Å². The van der Waals surface area contributed by atoms with Crippen LogP contribution in [0.5, 0.6) is 5.75 Å². The van der Waals surface area contributed by atoms with Crippen LogP contribution in [0.3, 0.4) is 0 Å². The van der Waals surface area contributed by atoms with Gasteiger partial charge in [0, 0.05) is 12.2 Å². The SMILES string of the molecule is CCC(C(=O)Nc1ccc(OCc2ccccc2)cc1)N(Cc1ccccc1)S(=O)(=O)c1ccccc1. The highest BCUT2D eigenvalue weighted by atomic mass is 32.2. The highest BCUT2D eigenvalue weighted by Crippen LogP contribution is 2.24. The zero-order valence-electron chi connectivity index (χ0n) is 20.7. The van der Waals surface area contributed by atoms with Gasteiger partial charge in [-0.2, -0.15) is 4.31 Å². The van der Waals surface area contributed by atoms with Crippen molar-refractivity contribution in [3.8, 4) is 5.75 Å². The number of benzene rings is 4. The average Bonchev–Trinajstić information content (AvgIpc) is 2.94. The molecule has 0 saturated heterocycles. The Balaban J connectivity index is 1.51. The highest BCUT2D eigenvalue weighted by Gasteiger charge is 2.35. The summed E-state index contributed by atoms with van der Waals surface area (Å²) in [5, 5.41) is 2.88. The van der Waals surface area contributed by atoms with Gasteiger partial charge >= 0.3 is 0 Å². The molecule has 190 valence electrons. The molecule has 0 aliphatic heterocycles. The van der Waals surface area contributed by atoms with E-state index in [9.17, 15) is 13.2 Å². The molecule has 0 radical (unpaired) electrons. The number of carbonyl (C=O) groups excluding carboxylic acids is 1. The van der Waals surface area contributed by atoms with E-state index in [1.807, 2.05) is 67.6 Å². The Kier molecular flexibility index (Phi) is 8.72. The number of sulfonamides is 1. The van der Waals surface area contributed by atoms with Crippen LogP contribution in [0.4, 0.5) is 5.69 Å². The van der Waals surface area contributed by atoms with Gasteiger partial charge in [0.1, 0.15) is 18.4 Å². The fourth-order valence-corrected chi connectivity index (χ4v) is 5.65. The van der Waals surface area contributed by atoms with Crippen LogP contribution in [-0.4, -0.2) is 24.7 Å². The van der Waals surface area contributed by atoms with Crippen LogP contribution in [0.15, 0.2) is 120 Å². The molecule has 1 unspecified atom stereocenters. The maximum atomic E-state index is 13.7. The predicted octanol–water partition coefficient (Wildman–Crippen LogP) is 5.87. The van der Waals surface area contributed by atoms with E-state index in [1.54, 1.807) is 54.6 Å². The molecule has 0 aliphatic carbocycles. The molecule has 37 heavy (non-hydrogen) atoms. The molecule has 1 N–H and O–H groups in total. The number of carbonyl (C=O) groups is 1. The van der Waals surface area contributed by atoms with E-state index in [4.69, 9.17) is 4.74 Å². The van der Waals surface area contributed by atoms with Gasteiger partial charge in [-0.25, -0.2) is 8.42 Å². The third-order valence-corrected chi connectivity index (χ3v) is 7.81. The molecule has 6 nitrogen and oxygen atoms in total. The molecule has 0 aromatic heterocycles. The Labute approximate surface area is 218 Å². The fourth-order valence-electron chi connectivity index (χ4n) is 3.97. The van der Waals surface area contributed by atoms with E-state index in [0.29, 0.717) is 24.5 Å². The lowest BCUT2D eigenvalue weighted by atomic mass is 10.1. The minimum absolute atomic E-state index is 0.0796. The minimum atomic E-state index is -3.94. The molecule has 4 aromatic carbocycles. The van der Waals surface area contributed by atoms with Crippen molar-refractivity contribution in [2.45, 2.75) is 37.4 Å². The summed E-state index contributed by atoms with van der Waals surface area (Å²) in [4.78, 5) is 13.6. The van der Waals surface area contributed by atoms with E-state index in [0.717, 1.165) is 11.1 Å². The van der Waals surface area contributed by atoms with Crippen molar-refractivity contribution in [2.75, 3.05) is 5.32 Å². The number of rotatable bonds is 11. The van der Waals surface area contributed by atoms with Gasteiger partial charge in [0.05, 0.1) is 4.90 Å². The summed E-state index contributed by atoms with van der Waals surface area (Å²) in [5.74, 6) is 0.280. The first kappa shape index (κ1) is 26.1. The van der Waals surface area contributed by atoms with Crippen molar-refractivity contribution in [3.63, 3.8) is 0 Å². The largest absolute Gasteiger partial charge is 0.489 e. The lowest BCUT2D eigenvalue weighted by Crippen LogP contribution is -2.46. The van der Waals surface area contributed by atoms with Gasteiger partial charge in [-0.15, -0.1) is 0 Å². The first-order valence-corrected chi connectivity index (χ1v) is 13.6. The van der Waals surface area contributed by atoms with Gasteiger partial charge in [0.15, 0.2) is 0 Å². The maximum absolute atomic E-state index is 13.7. The minimum Gasteiger partial charge on any atom is -0.489 e. The third-order valence-electron chi connectivity index (χ3n) is 5.94. The van der Waals surface area contributed by atoms with Gasteiger partial charge in [0.2, 0.25) is 15.9 Å². The lowest BCUT2D eigenvalue weighted by Gasteiger charge is -2.29. The molecule has 4 aromatic rings. The van der Waals surface area contributed by atoms with Crippen molar-refractivity contribution >= 4 is 21.6 Å². The standard InChI is InChI=1S/C30H30N2O4S/c1-2-29(30(33)31-26-18-20-27(21-19-26)36-23-25-14-8-4-9-15-25)32(22-24-12-6-3-7-13-24)37(34,35)28-16-10-5-11-17-28/h3-21,29H,2,22-23H2,1H3,(H,31,33). The summed E-state index contributed by atoms with van der Waals surface area (Å²) >= 11 is 0. The number of ether oxygens (including phenoxy) is 1. The summed E-state index contributed by atoms with van der Waals surface area (Å²) in [7, 11) is -3.94. The molecule has 0 heterocycles. The van der Waals surface area contributed by atoms with Gasteiger partial charge in [-0.1, -0.05) is 85.8 Å². The van der Waals surface area contributed by atoms with Gasteiger partial charge < -0.3 is 10.1 Å². The number of hydrogen-bond donors (Lipinski definition) is 1. The number of amides is 1. The first-order chi connectivity index (χ1) is 18.0. The van der Waals surface area contributed by atoms with Gasteiger partial charge in [-0.3, -0.25) is 4.79 Å². The zero-order chi connectivity index (χ0) is 26.1. The van der Waals surface area contributed by atoms with Crippen molar-refractivity contribution < 1.29 is 17.9 Å². The molecular formula is C30H30N2O4S. The molecule has 0 bridgehead atoms. The second-order valence-electron chi connectivity index (χ2n) is 8.56. The van der Waals surface area contributed by atoms with Crippen LogP contribution in [-0.2, 0) is 28.0 Å². The topological polar surface area (TPSA) is 75.7 Å².